The largest absolute Gasteiger partial charge is 0.476 e. The van der Waals surface area contributed by atoms with Gasteiger partial charge in [-0.1, -0.05) is 37.3 Å². The number of aromatic carboxylic acids is 1. The fourth-order valence-corrected chi connectivity index (χ4v) is 3.03. The molecule has 4 heteroatoms. The van der Waals surface area contributed by atoms with Crippen molar-refractivity contribution in [2.75, 3.05) is 0 Å². The van der Waals surface area contributed by atoms with Crippen molar-refractivity contribution in [1.29, 1.82) is 0 Å². The fraction of sp³-hybridized carbons (Fsp3) is 0.375. The standard InChI is InChI=1S/C16H18N2O2/c1-11-6-5-9-18-13(10-12-7-3-2-4-8-12)17-14(15(11)18)16(19)20/h2-4,7-8,11H,5-6,9-10H2,1H3,(H,19,20). The summed E-state index contributed by atoms with van der Waals surface area (Å²) in [6.07, 6.45) is 2.82. The highest BCUT2D eigenvalue weighted by Gasteiger charge is 2.28. The molecule has 0 radical (unpaired) electrons. The van der Waals surface area contributed by atoms with Crippen molar-refractivity contribution in [1.82, 2.24) is 9.55 Å². The van der Waals surface area contributed by atoms with Gasteiger partial charge in [0.1, 0.15) is 5.82 Å². The molecule has 1 aromatic heterocycles. The van der Waals surface area contributed by atoms with Gasteiger partial charge < -0.3 is 9.67 Å². The smallest absolute Gasteiger partial charge is 0.356 e. The molecule has 1 aliphatic heterocycles. The molecule has 0 fully saturated rings. The number of carboxylic acids is 1. The van der Waals surface area contributed by atoms with Gasteiger partial charge in [-0.3, -0.25) is 0 Å². The molecule has 4 nitrogen and oxygen atoms in total. The second-order valence-corrected chi connectivity index (χ2v) is 5.42. The summed E-state index contributed by atoms with van der Waals surface area (Å²) in [6.45, 7) is 2.97. The topological polar surface area (TPSA) is 55.1 Å². The minimum Gasteiger partial charge on any atom is -0.476 e. The summed E-state index contributed by atoms with van der Waals surface area (Å²) in [4.78, 5) is 15.8. The normalized spacial score (nSPS) is 17.8. The van der Waals surface area contributed by atoms with E-state index in [1.165, 1.54) is 0 Å². The molecule has 0 bridgehead atoms. The van der Waals surface area contributed by atoms with E-state index in [2.05, 4.69) is 16.5 Å². The highest BCUT2D eigenvalue weighted by molar-refractivity contribution is 5.87. The van der Waals surface area contributed by atoms with Crippen LogP contribution in [0.4, 0.5) is 0 Å². The molecule has 0 saturated heterocycles. The molecule has 3 rings (SSSR count). The fourth-order valence-electron chi connectivity index (χ4n) is 3.03. The van der Waals surface area contributed by atoms with Crippen molar-refractivity contribution in [3.05, 3.63) is 53.1 Å². The van der Waals surface area contributed by atoms with Crippen LogP contribution in [-0.4, -0.2) is 20.6 Å². The second kappa shape index (κ2) is 5.12. The number of imidazole rings is 1. The van der Waals surface area contributed by atoms with Crippen LogP contribution in [0.15, 0.2) is 30.3 Å². The molecule has 0 aliphatic carbocycles. The Morgan fingerprint density at radius 1 is 1.40 bits per heavy atom. The maximum absolute atomic E-state index is 11.4. The van der Waals surface area contributed by atoms with Gasteiger partial charge in [-0.2, -0.15) is 0 Å². The molecule has 1 unspecified atom stereocenters. The predicted octanol–water partition coefficient (Wildman–Crippen LogP) is 3.07. The molecule has 104 valence electrons. The lowest BCUT2D eigenvalue weighted by Gasteiger charge is -2.22. The maximum atomic E-state index is 11.4. The van der Waals surface area contributed by atoms with Gasteiger partial charge in [0.25, 0.3) is 0 Å². The lowest BCUT2D eigenvalue weighted by atomic mass is 9.96. The summed E-state index contributed by atoms with van der Waals surface area (Å²) in [5, 5.41) is 9.36. The van der Waals surface area contributed by atoms with Crippen LogP contribution < -0.4 is 0 Å². The zero-order valence-electron chi connectivity index (χ0n) is 11.5. The lowest BCUT2D eigenvalue weighted by Crippen LogP contribution is -2.17. The first-order valence-electron chi connectivity index (χ1n) is 7.03. The summed E-state index contributed by atoms with van der Waals surface area (Å²) in [6, 6.07) is 10.1. The molecule has 2 heterocycles. The van der Waals surface area contributed by atoms with E-state index in [9.17, 15) is 9.90 Å². The van der Waals surface area contributed by atoms with Crippen molar-refractivity contribution in [2.45, 2.75) is 38.6 Å². The highest BCUT2D eigenvalue weighted by Crippen LogP contribution is 2.31. The van der Waals surface area contributed by atoms with E-state index >= 15 is 0 Å². The van der Waals surface area contributed by atoms with Gasteiger partial charge >= 0.3 is 5.97 Å². The third-order valence-electron chi connectivity index (χ3n) is 3.98. The van der Waals surface area contributed by atoms with Crippen LogP contribution >= 0.6 is 0 Å². The van der Waals surface area contributed by atoms with E-state index in [-0.39, 0.29) is 11.6 Å². The molecular formula is C16H18N2O2. The molecule has 20 heavy (non-hydrogen) atoms. The first kappa shape index (κ1) is 12.9. The second-order valence-electron chi connectivity index (χ2n) is 5.42. The Labute approximate surface area is 118 Å². The first-order valence-corrected chi connectivity index (χ1v) is 7.03. The van der Waals surface area contributed by atoms with Crippen molar-refractivity contribution in [3.8, 4) is 0 Å². The van der Waals surface area contributed by atoms with Gasteiger partial charge in [-0.15, -0.1) is 0 Å². The molecule has 2 aromatic rings. The van der Waals surface area contributed by atoms with Crippen LogP contribution in [-0.2, 0) is 13.0 Å². The summed E-state index contributed by atoms with van der Waals surface area (Å²) in [7, 11) is 0. The van der Waals surface area contributed by atoms with E-state index in [0.717, 1.165) is 36.5 Å². The van der Waals surface area contributed by atoms with Crippen molar-refractivity contribution in [2.24, 2.45) is 0 Å². The molecule has 1 aliphatic rings. The number of rotatable bonds is 3. The number of fused-ring (bicyclic) bond motifs is 1. The van der Waals surface area contributed by atoms with Gasteiger partial charge in [-0.25, -0.2) is 9.78 Å². The minimum atomic E-state index is -0.915. The van der Waals surface area contributed by atoms with E-state index in [1.807, 2.05) is 30.3 Å². The summed E-state index contributed by atoms with van der Waals surface area (Å²) in [5.41, 5.74) is 2.30. The van der Waals surface area contributed by atoms with Crippen LogP contribution in [0.3, 0.4) is 0 Å². The van der Waals surface area contributed by atoms with Crippen LogP contribution in [0, 0.1) is 0 Å². The molecule has 0 spiro atoms. The van der Waals surface area contributed by atoms with Crippen molar-refractivity contribution < 1.29 is 9.90 Å². The zero-order chi connectivity index (χ0) is 14.1. The van der Waals surface area contributed by atoms with Gasteiger partial charge in [0.05, 0.1) is 5.69 Å². The minimum absolute atomic E-state index is 0.239. The van der Waals surface area contributed by atoms with Crippen LogP contribution in [0.25, 0.3) is 0 Å². The Kier molecular flexibility index (Phi) is 3.30. The Hall–Kier alpha value is -2.10. The number of carboxylic acid groups (broad SMARTS) is 1. The number of hydrogen-bond donors (Lipinski definition) is 1. The number of carbonyl (C=O) groups is 1. The average molecular weight is 270 g/mol. The predicted molar refractivity (Wildman–Crippen MR) is 76.1 cm³/mol. The first-order chi connectivity index (χ1) is 9.66. The average Bonchev–Trinajstić information content (AvgIpc) is 2.81. The third-order valence-corrected chi connectivity index (χ3v) is 3.98. The van der Waals surface area contributed by atoms with Gasteiger partial charge in [0.2, 0.25) is 0 Å². The van der Waals surface area contributed by atoms with Gasteiger partial charge in [-0.05, 0) is 24.3 Å². The zero-order valence-corrected chi connectivity index (χ0v) is 11.5. The lowest BCUT2D eigenvalue weighted by molar-refractivity contribution is 0.0688. The highest BCUT2D eigenvalue weighted by atomic mass is 16.4. The summed E-state index contributed by atoms with van der Waals surface area (Å²) >= 11 is 0. The van der Waals surface area contributed by atoms with E-state index in [0.29, 0.717) is 6.42 Å². The van der Waals surface area contributed by atoms with E-state index < -0.39 is 5.97 Å². The summed E-state index contributed by atoms with van der Waals surface area (Å²) < 4.78 is 2.12. The molecular weight excluding hydrogens is 252 g/mol. The number of aromatic nitrogens is 2. The Balaban J connectivity index is 2.03. The molecule has 0 saturated carbocycles. The van der Waals surface area contributed by atoms with Crippen molar-refractivity contribution >= 4 is 5.97 Å². The maximum Gasteiger partial charge on any atom is 0.356 e. The van der Waals surface area contributed by atoms with Gasteiger partial charge in [0.15, 0.2) is 5.69 Å². The molecule has 1 N–H and O–H groups in total. The Morgan fingerprint density at radius 2 is 2.15 bits per heavy atom. The number of nitrogens with zero attached hydrogens (tertiary/aromatic N) is 2. The SMILES string of the molecule is CC1CCCn2c(Cc3ccccc3)nc(C(=O)O)c21. The summed E-state index contributed by atoms with van der Waals surface area (Å²) in [5.74, 6) is 0.226. The third kappa shape index (κ3) is 2.22. The molecule has 1 aromatic carbocycles. The van der Waals surface area contributed by atoms with Crippen LogP contribution in [0.1, 0.15) is 53.3 Å². The van der Waals surface area contributed by atoms with E-state index in [4.69, 9.17) is 0 Å². The van der Waals surface area contributed by atoms with Gasteiger partial charge in [0, 0.05) is 13.0 Å². The van der Waals surface area contributed by atoms with Crippen LogP contribution in [0.5, 0.6) is 0 Å². The Morgan fingerprint density at radius 3 is 2.85 bits per heavy atom. The number of hydrogen-bond acceptors (Lipinski definition) is 2. The number of benzene rings is 1. The monoisotopic (exact) mass is 270 g/mol. The molecule has 1 atom stereocenters. The van der Waals surface area contributed by atoms with Crippen molar-refractivity contribution in [3.63, 3.8) is 0 Å². The Bertz CT molecular complexity index is 631. The van der Waals surface area contributed by atoms with Crippen LogP contribution in [0.2, 0.25) is 0 Å². The van der Waals surface area contributed by atoms with E-state index in [1.54, 1.807) is 0 Å². The quantitative estimate of drug-likeness (QED) is 0.932. The molecule has 0 amide bonds.